The predicted molar refractivity (Wildman–Crippen MR) is 268 cm³/mol. The van der Waals surface area contributed by atoms with Crippen molar-refractivity contribution in [2.24, 2.45) is 0 Å². The first-order valence-electron chi connectivity index (χ1n) is 34.5. The van der Waals surface area contributed by atoms with Gasteiger partial charge in [0, 0.05) is 54.6 Å². The van der Waals surface area contributed by atoms with Crippen LogP contribution in [0.15, 0.2) is 228 Å². The van der Waals surface area contributed by atoms with Gasteiger partial charge in [-0.1, -0.05) is 139 Å². The number of hydrogen-bond donors (Lipinski definition) is 0. The number of fused-ring (bicyclic) bond motifs is 12. The smallest absolute Gasteiger partial charge is 0.137 e. The zero-order valence-corrected chi connectivity index (χ0v) is 32.3. The minimum atomic E-state index is -0.955. The van der Waals surface area contributed by atoms with E-state index >= 15 is 0 Å². The fraction of sp³-hybridized carbons (Fsp3) is 0. The molecule has 4 heterocycles. The Hall–Kier alpha value is -8.60. The Kier molecular flexibility index (Phi) is 3.56. The molecule has 14 aromatic rings. The quantitative estimate of drug-likeness (QED) is 0.170. The first kappa shape index (κ1) is 16.9. The molecule has 0 bridgehead atoms. The van der Waals surface area contributed by atoms with Gasteiger partial charge in [-0.3, -0.25) is 0 Å². The lowest BCUT2D eigenvalue weighted by Gasteiger charge is -2.17. The SMILES string of the molecule is [2H]c1c([2H])c([2H])c(-c2c([2H])c([2H])c([2H])c(-c3c([2H])c([2H])c4oc5c([2H])c([2H])c([2H])c([2H])c5c4c3-n3c4ccccc4c4cc(-n5c6c([2H])c([2H])c([2H])c([2H])c6c6c([2H])c(-n7c8c([2H])c([2H])c([2H])c([2H])c8c8c([2H])c([2H])c([2H])c([2H])c87)c([2H])c([2H])c65)ccc43)c2[2H])c([2H])c1[2H]. The highest BCUT2D eigenvalue weighted by Gasteiger charge is 2.23. The summed E-state index contributed by atoms with van der Waals surface area (Å²) in [5.74, 6) is 0. The Morgan fingerprint density at radius 1 is 0.344 bits per heavy atom. The molecule has 14 rings (SSSR count). The van der Waals surface area contributed by atoms with Crippen LogP contribution in [0.25, 0.3) is 127 Å². The van der Waals surface area contributed by atoms with Crippen molar-refractivity contribution in [3.63, 3.8) is 0 Å². The van der Waals surface area contributed by atoms with Gasteiger partial charge in [-0.2, -0.15) is 0 Å². The van der Waals surface area contributed by atoms with Crippen LogP contribution in [0.5, 0.6) is 0 Å². The van der Waals surface area contributed by atoms with Gasteiger partial charge in [-0.05, 0) is 101 Å². The van der Waals surface area contributed by atoms with Crippen LogP contribution in [0.1, 0.15) is 41.1 Å². The summed E-state index contributed by atoms with van der Waals surface area (Å²) >= 11 is 0. The molecular weight excluding hydrogens is 779 g/mol. The minimum Gasteiger partial charge on any atom is -0.456 e. The molecule has 0 spiro atoms. The van der Waals surface area contributed by atoms with Crippen LogP contribution in [0.2, 0.25) is 0 Å². The lowest BCUT2D eigenvalue weighted by atomic mass is 9.96. The van der Waals surface area contributed by atoms with Crippen LogP contribution >= 0.6 is 0 Å². The summed E-state index contributed by atoms with van der Waals surface area (Å²) in [5.41, 5.74) is -6.16. The predicted octanol–water partition coefficient (Wildman–Crippen LogP) is 16.2. The van der Waals surface area contributed by atoms with Gasteiger partial charge < -0.3 is 18.1 Å². The minimum absolute atomic E-state index is 0.0217. The average Bonchev–Trinajstić information content (AvgIpc) is 1.51. The second kappa shape index (κ2) is 13.4. The van der Waals surface area contributed by atoms with Crippen molar-refractivity contribution in [1.29, 1.82) is 0 Å². The van der Waals surface area contributed by atoms with Crippen molar-refractivity contribution >= 4 is 87.4 Å². The van der Waals surface area contributed by atoms with Crippen LogP contribution in [0.3, 0.4) is 0 Å². The fourth-order valence-corrected chi connectivity index (χ4v) is 8.67. The monoisotopic (exact) mass is 845 g/mol. The van der Waals surface area contributed by atoms with Gasteiger partial charge in [-0.15, -0.1) is 0 Å². The first-order valence-corrected chi connectivity index (χ1v) is 19.5. The number of benzene rings is 10. The van der Waals surface area contributed by atoms with E-state index in [0.29, 0.717) is 5.39 Å². The zero-order chi connectivity index (χ0) is 68.0. The van der Waals surface area contributed by atoms with E-state index < -0.39 is 248 Å². The van der Waals surface area contributed by atoms with Gasteiger partial charge in [0.15, 0.2) is 0 Å². The number of furan rings is 1. The van der Waals surface area contributed by atoms with E-state index in [1.807, 2.05) is 0 Å². The van der Waals surface area contributed by atoms with E-state index in [0.717, 1.165) is 4.57 Å². The van der Waals surface area contributed by atoms with Crippen LogP contribution < -0.4 is 0 Å². The summed E-state index contributed by atoms with van der Waals surface area (Å²) in [5, 5.41) is -1.78. The highest BCUT2D eigenvalue weighted by atomic mass is 16.3. The van der Waals surface area contributed by atoms with Crippen LogP contribution in [-0.2, 0) is 0 Å². The summed E-state index contributed by atoms with van der Waals surface area (Å²) in [7, 11) is 0. The molecular formula is C60H37N3O. The number of aromatic nitrogens is 3. The highest BCUT2D eigenvalue weighted by Crippen LogP contribution is 2.45. The summed E-state index contributed by atoms with van der Waals surface area (Å²) in [6, 6.07) is -13.6. The number of rotatable bonds is 5. The molecule has 0 fully saturated rings. The number of para-hydroxylation sites is 5. The Bertz CT molecular complexity index is 5890. The Balaban J connectivity index is 1.15. The standard InChI is InChI=1S/C60H37N3O/c1-2-15-38(16-3-1)39-17-14-18-40(35-39)43-31-34-58-59(48-23-8-13-28-57(48)64-58)60(43)63-54-27-12-7-22-47(54)50-37-42(30-33-56(50)63)62-53-26-11-6-21-46(53)49-36-41(29-32-55(49)62)61-51-24-9-4-19-44(51)45-20-5-10-25-52(45)61/h1-37H/i1D,2D,3D,4D,5D,6D,8D,9D,10D,11D,13D,14D,15D,16D,17D,18D,19D,20D,21D,23D,24D,25D,26D,28D,29D,31D,32D,34D,35D,36D. The molecule has 0 N–H and O–H groups in total. The number of nitrogens with zero attached hydrogens (tertiary/aromatic N) is 3. The lowest BCUT2D eigenvalue weighted by Crippen LogP contribution is -1.99. The second-order valence-electron chi connectivity index (χ2n) is 14.6. The van der Waals surface area contributed by atoms with Crippen molar-refractivity contribution in [1.82, 2.24) is 13.7 Å². The van der Waals surface area contributed by atoms with Gasteiger partial charge in [0.05, 0.1) is 85.3 Å². The third-order valence-electron chi connectivity index (χ3n) is 11.3. The summed E-state index contributed by atoms with van der Waals surface area (Å²) < 4.78 is 283. The van der Waals surface area contributed by atoms with Crippen molar-refractivity contribution < 1.29 is 45.5 Å². The average molecular weight is 846 g/mol. The van der Waals surface area contributed by atoms with Crippen molar-refractivity contribution in [2.45, 2.75) is 0 Å². The fourth-order valence-electron chi connectivity index (χ4n) is 8.67. The molecule has 0 aliphatic rings. The molecule has 0 atom stereocenters. The maximum atomic E-state index is 10.1. The maximum absolute atomic E-state index is 10.1. The molecule has 0 amide bonds. The molecule has 298 valence electrons. The van der Waals surface area contributed by atoms with Crippen molar-refractivity contribution in [3.05, 3.63) is 224 Å². The molecule has 0 unspecified atom stereocenters. The zero-order valence-electron chi connectivity index (χ0n) is 62.3. The molecule has 0 aliphatic heterocycles. The first-order chi connectivity index (χ1) is 44.3. The third kappa shape index (κ3) is 4.99. The molecule has 0 saturated heterocycles. The van der Waals surface area contributed by atoms with Gasteiger partial charge >= 0.3 is 0 Å². The van der Waals surface area contributed by atoms with E-state index in [2.05, 4.69) is 0 Å². The Labute approximate surface area is 409 Å². The van der Waals surface area contributed by atoms with E-state index in [1.165, 1.54) is 27.3 Å². The maximum Gasteiger partial charge on any atom is 0.137 e. The van der Waals surface area contributed by atoms with E-state index in [9.17, 15) is 15.1 Å². The van der Waals surface area contributed by atoms with E-state index in [4.69, 9.17) is 30.5 Å². The van der Waals surface area contributed by atoms with Crippen LogP contribution in [0.4, 0.5) is 0 Å². The van der Waals surface area contributed by atoms with Crippen LogP contribution in [0, 0.1) is 0 Å². The van der Waals surface area contributed by atoms with Crippen LogP contribution in [-0.4, -0.2) is 13.7 Å². The normalized spacial score (nSPS) is 18.6. The topological polar surface area (TPSA) is 27.9 Å². The van der Waals surface area contributed by atoms with E-state index in [-0.39, 0.29) is 55.0 Å². The lowest BCUT2D eigenvalue weighted by molar-refractivity contribution is 0.669. The highest BCUT2D eigenvalue weighted by molar-refractivity contribution is 6.18. The molecule has 0 saturated carbocycles. The van der Waals surface area contributed by atoms with Gasteiger partial charge in [0.1, 0.15) is 11.2 Å². The molecule has 0 aliphatic carbocycles. The summed E-state index contributed by atoms with van der Waals surface area (Å²) in [4.78, 5) is 0. The Morgan fingerprint density at radius 2 is 0.953 bits per heavy atom. The second-order valence-corrected chi connectivity index (χ2v) is 14.6. The number of hydrogen-bond acceptors (Lipinski definition) is 1. The van der Waals surface area contributed by atoms with Gasteiger partial charge in [0.25, 0.3) is 0 Å². The largest absolute Gasteiger partial charge is 0.456 e. The molecule has 4 aromatic heterocycles. The molecule has 0 radical (unpaired) electrons. The third-order valence-corrected chi connectivity index (χ3v) is 11.3. The van der Waals surface area contributed by atoms with E-state index in [1.54, 1.807) is 24.3 Å². The van der Waals surface area contributed by atoms with Crippen molar-refractivity contribution in [3.8, 4) is 39.3 Å². The molecule has 4 heteroatoms. The summed E-state index contributed by atoms with van der Waals surface area (Å²) in [6.07, 6.45) is 0. The summed E-state index contributed by atoms with van der Waals surface area (Å²) in [6.45, 7) is 0. The van der Waals surface area contributed by atoms with Gasteiger partial charge in [0.2, 0.25) is 0 Å². The molecule has 64 heavy (non-hydrogen) atoms. The van der Waals surface area contributed by atoms with Gasteiger partial charge in [-0.25, -0.2) is 0 Å². The van der Waals surface area contributed by atoms with Crippen molar-refractivity contribution in [2.75, 3.05) is 0 Å². The molecule has 10 aromatic carbocycles. The Morgan fingerprint density at radius 3 is 1.73 bits per heavy atom. The molecule has 4 nitrogen and oxygen atoms in total.